The fraction of sp³-hybridized carbons (Fsp3) is 0.727. The van der Waals surface area contributed by atoms with Crippen molar-refractivity contribution in [2.24, 2.45) is 5.92 Å². The molecule has 1 unspecified atom stereocenters. The first kappa shape index (κ1) is 22.2. The second kappa shape index (κ2) is 9.13. The highest BCUT2D eigenvalue weighted by molar-refractivity contribution is 5.49. The predicted octanol–water partition coefficient (Wildman–Crippen LogP) is 4.68. The average Bonchev–Trinajstić information content (AvgIpc) is 2.64. The van der Waals surface area contributed by atoms with Crippen LogP contribution in [0, 0.1) is 5.92 Å². The van der Waals surface area contributed by atoms with E-state index in [2.05, 4.69) is 30.7 Å². The Balaban J connectivity index is 1.72. The van der Waals surface area contributed by atoms with E-state index >= 15 is 0 Å². The molecular formula is C22H33F3N2O2. The molecule has 0 aliphatic carbocycles. The lowest BCUT2D eigenvalue weighted by Crippen LogP contribution is -2.55. The van der Waals surface area contributed by atoms with Crippen LogP contribution in [0.3, 0.4) is 0 Å². The number of piperazine rings is 1. The van der Waals surface area contributed by atoms with Gasteiger partial charge in [0.25, 0.3) is 0 Å². The van der Waals surface area contributed by atoms with Gasteiger partial charge in [-0.15, -0.1) is 0 Å². The number of halogens is 3. The van der Waals surface area contributed by atoms with E-state index in [1.807, 2.05) is 12.1 Å². The molecule has 2 aliphatic heterocycles. The molecule has 2 heterocycles. The molecule has 2 aliphatic rings. The number of ether oxygens (including phenoxy) is 2. The van der Waals surface area contributed by atoms with Gasteiger partial charge in [0.15, 0.2) is 11.5 Å². The van der Waals surface area contributed by atoms with Gasteiger partial charge in [0.1, 0.15) is 0 Å². The summed E-state index contributed by atoms with van der Waals surface area (Å²) in [5.74, 6) is 1.82. The molecule has 1 aromatic rings. The first-order valence-electron chi connectivity index (χ1n) is 10.5. The minimum Gasteiger partial charge on any atom is -0.493 e. The lowest BCUT2D eigenvalue weighted by molar-refractivity contribution is -0.136. The summed E-state index contributed by atoms with van der Waals surface area (Å²) in [6.07, 6.45) is -2.91. The Morgan fingerprint density at radius 1 is 1.17 bits per heavy atom. The third-order valence-electron chi connectivity index (χ3n) is 6.03. The van der Waals surface area contributed by atoms with E-state index in [1.54, 1.807) is 7.11 Å². The molecule has 0 spiro atoms. The van der Waals surface area contributed by atoms with Crippen LogP contribution in [0.5, 0.6) is 11.5 Å². The van der Waals surface area contributed by atoms with Gasteiger partial charge in [-0.2, -0.15) is 13.2 Å². The summed E-state index contributed by atoms with van der Waals surface area (Å²) in [5.41, 5.74) is 2.47. The maximum atomic E-state index is 12.3. The molecule has 4 nitrogen and oxygen atoms in total. The number of alkyl halides is 3. The summed E-state index contributed by atoms with van der Waals surface area (Å²) in [5, 5.41) is 0. The molecule has 0 aromatic heterocycles. The van der Waals surface area contributed by atoms with Crippen LogP contribution in [-0.4, -0.2) is 62.4 Å². The van der Waals surface area contributed by atoms with Crippen LogP contribution in [0.1, 0.15) is 50.3 Å². The highest BCUT2D eigenvalue weighted by Crippen LogP contribution is 2.40. The van der Waals surface area contributed by atoms with Crippen molar-refractivity contribution in [3.05, 3.63) is 23.3 Å². The van der Waals surface area contributed by atoms with E-state index in [0.717, 1.165) is 26.1 Å². The minimum absolute atomic E-state index is 0.0316. The van der Waals surface area contributed by atoms with Crippen LogP contribution in [-0.2, 0) is 6.42 Å². The number of benzene rings is 1. The summed E-state index contributed by atoms with van der Waals surface area (Å²) >= 11 is 0. The van der Waals surface area contributed by atoms with Gasteiger partial charge >= 0.3 is 6.18 Å². The number of hydrogen-bond donors (Lipinski definition) is 0. The van der Waals surface area contributed by atoms with Gasteiger partial charge in [0, 0.05) is 38.1 Å². The van der Waals surface area contributed by atoms with Gasteiger partial charge in [-0.25, -0.2) is 0 Å². The number of likely N-dealkylation sites (N-methyl/N-ethyl adjacent to an activating group) is 1. The summed E-state index contributed by atoms with van der Waals surface area (Å²) < 4.78 is 48.2. The molecule has 164 valence electrons. The smallest absolute Gasteiger partial charge is 0.389 e. The molecule has 0 radical (unpaired) electrons. The summed E-state index contributed by atoms with van der Waals surface area (Å²) in [6.45, 7) is 7.61. The average molecular weight is 415 g/mol. The van der Waals surface area contributed by atoms with E-state index in [-0.39, 0.29) is 13.0 Å². The van der Waals surface area contributed by atoms with Crippen molar-refractivity contribution in [1.29, 1.82) is 0 Å². The lowest BCUT2D eigenvalue weighted by Gasteiger charge is -2.48. The van der Waals surface area contributed by atoms with Crippen LogP contribution >= 0.6 is 0 Å². The second-order valence-electron chi connectivity index (χ2n) is 8.75. The zero-order valence-corrected chi connectivity index (χ0v) is 17.9. The van der Waals surface area contributed by atoms with E-state index in [4.69, 9.17) is 9.47 Å². The minimum atomic E-state index is -4.15. The molecule has 0 amide bonds. The molecule has 3 rings (SSSR count). The quantitative estimate of drug-likeness (QED) is 0.605. The Morgan fingerprint density at radius 3 is 2.59 bits per heavy atom. The fourth-order valence-electron chi connectivity index (χ4n) is 4.55. The normalized spacial score (nSPS) is 23.0. The topological polar surface area (TPSA) is 24.9 Å². The third kappa shape index (κ3) is 5.57. The largest absolute Gasteiger partial charge is 0.493 e. The van der Waals surface area contributed by atoms with Crippen molar-refractivity contribution >= 4 is 0 Å². The van der Waals surface area contributed by atoms with Gasteiger partial charge < -0.3 is 14.4 Å². The van der Waals surface area contributed by atoms with Crippen molar-refractivity contribution in [1.82, 2.24) is 9.80 Å². The highest BCUT2D eigenvalue weighted by atomic mass is 19.4. The zero-order chi connectivity index (χ0) is 21.2. The van der Waals surface area contributed by atoms with Crippen molar-refractivity contribution in [3.8, 4) is 11.5 Å². The Bertz CT molecular complexity index is 693. The molecule has 0 saturated carbocycles. The first-order chi connectivity index (χ1) is 13.7. The Kier molecular flexibility index (Phi) is 6.99. The monoisotopic (exact) mass is 414 g/mol. The van der Waals surface area contributed by atoms with Crippen LogP contribution in [0.15, 0.2) is 12.1 Å². The summed E-state index contributed by atoms with van der Waals surface area (Å²) in [6, 6.07) is 4.90. The van der Waals surface area contributed by atoms with Gasteiger partial charge in [-0.1, -0.05) is 13.8 Å². The molecule has 0 N–H and O–H groups in total. The molecule has 2 atom stereocenters. The molecule has 29 heavy (non-hydrogen) atoms. The highest BCUT2D eigenvalue weighted by Gasteiger charge is 2.37. The van der Waals surface area contributed by atoms with Crippen molar-refractivity contribution in [3.63, 3.8) is 0 Å². The summed E-state index contributed by atoms with van der Waals surface area (Å²) in [7, 11) is 3.78. The Labute approximate surface area is 172 Å². The SMILES string of the molecule is COc1cc2c(cc1OCCCC(F)(F)F)CCN1C[C@@H](CC(C)C)N(C)CC21. The number of hydrogen-bond acceptors (Lipinski definition) is 4. The molecule has 1 saturated heterocycles. The van der Waals surface area contributed by atoms with Gasteiger partial charge in [0.2, 0.25) is 0 Å². The van der Waals surface area contributed by atoms with Crippen molar-refractivity contribution < 1.29 is 22.6 Å². The van der Waals surface area contributed by atoms with Crippen LogP contribution in [0.25, 0.3) is 0 Å². The molecule has 1 fully saturated rings. The van der Waals surface area contributed by atoms with Gasteiger partial charge in [-0.05, 0) is 55.5 Å². The number of nitrogens with zero attached hydrogens (tertiary/aromatic N) is 2. The number of fused-ring (bicyclic) bond motifs is 3. The maximum absolute atomic E-state index is 12.3. The predicted molar refractivity (Wildman–Crippen MR) is 108 cm³/mol. The van der Waals surface area contributed by atoms with Gasteiger partial charge in [-0.3, -0.25) is 4.90 Å². The molecular weight excluding hydrogens is 381 g/mol. The molecule has 7 heteroatoms. The van der Waals surface area contributed by atoms with Crippen LogP contribution < -0.4 is 9.47 Å². The fourth-order valence-corrected chi connectivity index (χ4v) is 4.55. The van der Waals surface area contributed by atoms with E-state index in [9.17, 15) is 13.2 Å². The zero-order valence-electron chi connectivity index (χ0n) is 17.9. The standard InChI is InChI=1S/C22H33F3N2O2/c1-15(2)10-17-13-27-8-6-16-11-21(29-9-5-7-22(23,24)25)20(28-4)12-18(16)19(27)14-26(17)3/h11-12,15,17,19H,5-10,13-14H2,1-4H3/t17-,19?/m1/s1. The first-order valence-corrected chi connectivity index (χ1v) is 10.5. The van der Waals surface area contributed by atoms with E-state index < -0.39 is 12.6 Å². The lowest BCUT2D eigenvalue weighted by atomic mass is 9.88. The summed E-state index contributed by atoms with van der Waals surface area (Å²) in [4.78, 5) is 5.03. The second-order valence-corrected chi connectivity index (χ2v) is 8.75. The van der Waals surface area contributed by atoms with Crippen molar-refractivity contribution in [2.75, 3.05) is 40.4 Å². The number of methoxy groups -OCH3 is 1. The van der Waals surface area contributed by atoms with Gasteiger partial charge in [0.05, 0.1) is 13.7 Å². The van der Waals surface area contributed by atoms with Crippen LogP contribution in [0.2, 0.25) is 0 Å². The third-order valence-corrected chi connectivity index (χ3v) is 6.03. The van der Waals surface area contributed by atoms with Crippen LogP contribution in [0.4, 0.5) is 13.2 Å². The van der Waals surface area contributed by atoms with E-state index in [1.165, 1.54) is 17.5 Å². The Hall–Kier alpha value is -1.47. The molecule has 1 aromatic carbocycles. The van der Waals surface area contributed by atoms with Crippen molar-refractivity contribution in [2.45, 2.75) is 57.8 Å². The Morgan fingerprint density at radius 2 is 1.93 bits per heavy atom. The van der Waals surface area contributed by atoms with E-state index in [0.29, 0.717) is 29.5 Å². The molecule has 0 bridgehead atoms. The maximum Gasteiger partial charge on any atom is 0.389 e. The number of rotatable bonds is 7.